The molecule has 5 rings (SSSR count). The minimum absolute atomic E-state index is 0.281. The summed E-state index contributed by atoms with van der Waals surface area (Å²) < 4.78 is 0. The SMILES string of the molecule is Oc1cccc2cc(-n3nc4ccc5ccccc5c4n3)ccc12. The maximum atomic E-state index is 9.93. The van der Waals surface area contributed by atoms with Gasteiger partial charge in [0.25, 0.3) is 0 Å². The average molecular weight is 311 g/mol. The monoisotopic (exact) mass is 311 g/mol. The highest BCUT2D eigenvalue weighted by Crippen LogP contribution is 2.27. The number of rotatable bonds is 1. The predicted molar refractivity (Wildman–Crippen MR) is 95.5 cm³/mol. The first-order chi connectivity index (χ1) is 11.8. The fourth-order valence-corrected chi connectivity index (χ4v) is 3.14. The van der Waals surface area contributed by atoms with Crippen LogP contribution in [0.2, 0.25) is 0 Å². The molecule has 4 heteroatoms. The molecule has 24 heavy (non-hydrogen) atoms. The van der Waals surface area contributed by atoms with E-state index in [2.05, 4.69) is 28.4 Å². The van der Waals surface area contributed by atoms with Crippen LogP contribution >= 0.6 is 0 Å². The van der Waals surface area contributed by atoms with Gasteiger partial charge < -0.3 is 5.11 Å². The van der Waals surface area contributed by atoms with Crippen LogP contribution in [-0.4, -0.2) is 20.1 Å². The number of hydrogen-bond acceptors (Lipinski definition) is 3. The Hall–Kier alpha value is -3.40. The summed E-state index contributed by atoms with van der Waals surface area (Å²) in [5.74, 6) is 0.281. The topological polar surface area (TPSA) is 50.9 Å². The van der Waals surface area contributed by atoms with Gasteiger partial charge >= 0.3 is 0 Å². The Labute approximate surface area is 137 Å². The van der Waals surface area contributed by atoms with Gasteiger partial charge in [-0.3, -0.25) is 0 Å². The first-order valence-electron chi connectivity index (χ1n) is 7.76. The van der Waals surface area contributed by atoms with Gasteiger partial charge in [-0.1, -0.05) is 42.5 Å². The van der Waals surface area contributed by atoms with Crippen molar-refractivity contribution in [2.75, 3.05) is 0 Å². The Bertz CT molecular complexity index is 1220. The molecule has 5 aromatic rings. The Kier molecular flexibility index (Phi) is 2.61. The first-order valence-corrected chi connectivity index (χ1v) is 7.76. The highest BCUT2D eigenvalue weighted by molar-refractivity contribution is 6.03. The van der Waals surface area contributed by atoms with Crippen LogP contribution in [0.5, 0.6) is 5.75 Å². The van der Waals surface area contributed by atoms with Crippen molar-refractivity contribution in [3.63, 3.8) is 0 Å². The van der Waals surface area contributed by atoms with E-state index >= 15 is 0 Å². The van der Waals surface area contributed by atoms with Crippen LogP contribution in [0, 0.1) is 0 Å². The second kappa shape index (κ2) is 4.80. The lowest BCUT2D eigenvalue weighted by Gasteiger charge is -2.03. The molecule has 0 radical (unpaired) electrons. The van der Waals surface area contributed by atoms with E-state index in [1.165, 1.54) is 0 Å². The summed E-state index contributed by atoms with van der Waals surface area (Å²) in [5, 5.41) is 23.2. The van der Waals surface area contributed by atoms with E-state index in [0.717, 1.165) is 38.3 Å². The van der Waals surface area contributed by atoms with E-state index < -0.39 is 0 Å². The number of phenols is 1. The molecule has 114 valence electrons. The Balaban J connectivity index is 1.75. The number of phenolic OH excluding ortho intramolecular Hbond substituents is 1. The normalized spacial score (nSPS) is 11.5. The van der Waals surface area contributed by atoms with Crippen LogP contribution in [0.3, 0.4) is 0 Å². The molecule has 1 aromatic heterocycles. The largest absolute Gasteiger partial charge is 0.507 e. The summed E-state index contributed by atoms with van der Waals surface area (Å²) in [6.07, 6.45) is 0. The van der Waals surface area contributed by atoms with Gasteiger partial charge in [0.05, 0.1) is 5.69 Å². The third kappa shape index (κ3) is 1.86. The van der Waals surface area contributed by atoms with E-state index in [1.807, 2.05) is 48.5 Å². The summed E-state index contributed by atoms with van der Waals surface area (Å²) >= 11 is 0. The van der Waals surface area contributed by atoms with Crippen molar-refractivity contribution in [3.05, 3.63) is 72.8 Å². The zero-order valence-corrected chi connectivity index (χ0v) is 12.7. The van der Waals surface area contributed by atoms with Crippen molar-refractivity contribution in [2.24, 2.45) is 0 Å². The van der Waals surface area contributed by atoms with Crippen LogP contribution in [0.1, 0.15) is 0 Å². The molecule has 4 nitrogen and oxygen atoms in total. The molecule has 0 aliphatic heterocycles. The number of benzene rings is 4. The van der Waals surface area contributed by atoms with Gasteiger partial charge in [-0.15, -0.1) is 10.2 Å². The first kappa shape index (κ1) is 13.1. The van der Waals surface area contributed by atoms with Crippen LogP contribution in [-0.2, 0) is 0 Å². The maximum absolute atomic E-state index is 9.93. The Morgan fingerprint density at radius 3 is 2.54 bits per heavy atom. The zero-order valence-electron chi connectivity index (χ0n) is 12.7. The quantitative estimate of drug-likeness (QED) is 0.498. The molecule has 1 heterocycles. The summed E-state index contributed by atoms with van der Waals surface area (Å²) in [5.41, 5.74) is 2.63. The lowest BCUT2D eigenvalue weighted by molar-refractivity contribution is 0.481. The predicted octanol–water partition coefficient (Wildman–Crippen LogP) is 4.43. The van der Waals surface area contributed by atoms with E-state index in [9.17, 15) is 5.11 Å². The Morgan fingerprint density at radius 2 is 1.58 bits per heavy atom. The van der Waals surface area contributed by atoms with Gasteiger partial charge in [-0.2, -0.15) is 4.80 Å². The Morgan fingerprint density at radius 1 is 0.708 bits per heavy atom. The third-order valence-corrected chi connectivity index (χ3v) is 4.35. The van der Waals surface area contributed by atoms with Gasteiger partial charge in [0.15, 0.2) is 0 Å². The van der Waals surface area contributed by atoms with E-state index in [4.69, 9.17) is 0 Å². The summed E-state index contributed by atoms with van der Waals surface area (Å²) in [4.78, 5) is 1.65. The molecule has 1 N–H and O–H groups in total. The molecule has 4 aromatic carbocycles. The lowest BCUT2D eigenvalue weighted by atomic mass is 10.1. The number of hydrogen-bond donors (Lipinski definition) is 1. The standard InChI is InChI=1S/C20H13N3O/c24-19-7-3-5-14-12-15(9-10-16(14)19)23-21-18-11-8-13-4-1-2-6-17(13)20(18)22-23/h1-12,24H. The minimum atomic E-state index is 0.281. The van der Waals surface area contributed by atoms with Gasteiger partial charge in [-0.25, -0.2) is 0 Å². The fraction of sp³-hybridized carbons (Fsp3) is 0. The van der Waals surface area contributed by atoms with Crippen molar-refractivity contribution in [3.8, 4) is 11.4 Å². The number of aromatic nitrogens is 3. The molecule has 0 spiro atoms. The van der Waals surface area contributed by atoms with Crippen LogP contribution in [0.15, 0.2) is 72.8 Å². The van der Waals surface area contributed by atoms with E-state index in [-0.39, 0.29) is 5.75 Å². The molecule has 0 bridgehead atoms. The van der Waals surface area contributed by atoms with Crippen LogP contribution < -0.4 is 0 Å². The van der Waals surface area contributed by atoms with Gasteiger partial charge in [0, 0.05) is 10.8 Å². The number of fused-ring (bicyclic) bond motifs is 4. The van der Waals surface area contributed by atoms with Gasteiger partial charge in [0.2, 0.25) is 0 Å². The molecule has 0 atom stereocenters. The van der Waals surface area contributed by atoms with Crippen molar-refractivity contribution in [1.82, 2.24) is 15.0 Å². The molecule has 0 amide bonds. The molecular formula is C20H13N3O. The maximum Gasteiger partial charge on any atom is 0.123 e. The summed E-state index contributed by atoms with van der Waals surface area (Å²) in [6.45, 7) is 0. The molecule has 0 saturated carbocycles. The molecule has 0 saturated heterocycles. The molecule has 0 aliphatic carbocycles. The molecule has 0 fully saturated rings. The minimum Gasteiger partial charge on any atom is -0.507 e. The fourth-order valence-electron chi connectivity index (χ4n) is 3.14. The number of aromatic hydroxyl groups is 1. The average Bonchev–Trinajstić information content (AvgIpc) is 3.06. The van der Waals surface area contributed by atoms with Crippen LogP contribution in [0.25, 0.3) is 38.3 Å². The zero-order chi connectivity index (χ0) is 16.1. The summed E-state index contributed by atoms with van der Waals surface area (Å²) in [7, 11) is 0. The lowest BCUT2D eigenvalue weighted by Crippen LogP contribution is -1.98. The second-order valence-electron chi connectivity index (χ2n) is 5.83. The molecular weight excluding hydrogens is 298 g/mol. The van der Waals surface area contributed by atoms with Crippen LogP contribution in [0.4, 0.5) is 0 Å². The van der Waals surface area contributed by atoms with Crippen molar-refractivity contribution in [1.29, 1.82) is 0 Å². The van der Waals surface area contributed by atoms with Gasteiger partial charge in [0.1, 0.15) is 16.8 Å². The second-order valence-corrected chi connectivity index (χ2v) is 5.83. The summed E-state index contributed by atoms with van der Waals surface area (Å²) in [6, 6.07) is 23.5. The van der Waals surface area contributed by atoms with Gasteiger partial charge in [-0.05, 0) is 41.1 Å². The highest BCUT2D eigenvalue weighted by atomic mass is 16.3. The molecule has 0 aliphatic rings. The van der Waals surface area contributed by atoms with Crippen molar-refractivity contribution in [2.45, 2.75) is 0 Å². The van der Waals surface area contributed by atoms with Crippen molar-refractivity contribution >= 4 is 32.6 Å². The van der Waals surface area contributed by atoms with Crippen molar-refractivity contribution < 1.29 is 5.11 Å². The third-order valence-electron chi connectivity index (χ3n) is 4.35. The van der Waals surface area contributed by atoms with E-state index in [1.54, 1.807) is 10.9 Å². The number of nitrogens with zero attached hydrogens (tertiary/aromatic N) is 3. The highest BCUT2D eigenvalue weighted by Gasteiger charge is 2.09. The smallest absolute Gasteiger partial charge is 0.123 e. The molecule has 0 unspecified atom stereocenters. The van der Waals surface area contributed by atoms with E-state index in [0.29, 0.717) is 0 Å².